The zero-order valence-electron chi connectivity index (χ0n) is 9.26. The Balaban J connectivity index is 2.04. The van der Waals surface area contributed by atoms with E-state index in [1.807, 2.05) is 0 Å². The van der Waals surface area contributed by atoms with Crippen LogP contribution in [0.5, 0.6) is 0 Å². The van der Waals surface area contributed by atoms with Crippen LogP contribution in [0.25, 0.3) is 0 Å². The van der Waals surface area contributed by atoms with Crippen LogP contribution in [0.2, 0.25) is 0 Å². The number of hydrogen-bond acceptors (Lipinski definition) is 1. The maximum Gasteiger partial charge on any atom is 0.130 e. The maximum absolute atomic E-state index is 13.5. The van der Waals surface area contributed by atoms with Gasteiger partial charge in [0, 0.05) is 17.7 Å². The summed E-state index contributed by atoms with van der Waals surface area (Å²) in [5.74, 6) is -0.459. The van der Waals surface area contributed by atoms with Gasteiger partial charge in [-0.05, 0) is 18.4 Å². The normalized spacial score (nSPS) is 18.9. The Labute approximate surface area is 94.7 Å². The molecule has 1 fully saturated rings. The van der Waals surface area contributed by atoms with E-state index >= 15 is 0 Å². The maximum atomic E-state index is 13.5. The molecule has 1 aliphatic carbocycles. The lowest BCUT2D eigenvalue weighted by atomic mass is 9.94. The van der Waals surface area contributed by atoms with Gasteiger partial charge in [-0.15, -0.1) is 0 Å². The summed E-state index contributed by atoms with van der Waals surface area (Å²) < 4.78 is 26.2. The van der Waals surface area contributed by atoms with Crippen molar-refractivity contribution >= 4 is 0 Å². The highest BCUT2D eigenvalue weighted by Crippen LogP contribution is 2.32. The summed E-state index contributed by atoms with van der Waals surface area (Å²) in [6, 6.07) is 3.34. The smallest absolute Gasteiger partial charge is 0.130 e. The summed E-state index contributed by atoms with van der Waals surface area (Å²) in [6.07, 6.45) is 5.70. The third-order valence-corrected chi connectivity index (χ3v) is 3.42. The Morgan fingerprint density at radius 3 is 2.56 bits per heavy atom. The first-order valence-corrected chi connectivity index (χ1v) is 5.87. The van der Waals surface area contributed by atoms with E-state index in [2.05, 4.69) is 0 Å². The van der Waals surface area contributed by atoms with Crippen LogP contribution in [-0.4, -0.2) is 0 Å². The molecule has 1 aromatic carbocycles. The number of rotatable bonds is 3. The summed E-state index contributed by atoms with van der Waals surface area (Å²) in [5, 5.41) is 0. The molecule has 16 heavy (non-hydrogen) atoms. The first kappa shape index (κ1) is 11.5. The Kier molecular flexibility index (Phi) is 3.54. The van der Waals surface area contributed by atoms with Crippen LogP contribution in [0.4, 0.5) is 8.78 Å². The van der Waals surface area contributed by atoms with Crippen molar-refractivity contribution in [1.82, 2.24) is 0 Å². The van der Waals surface area contributed by atoms with E-state index in [0.717, 1.165) is 12.5 Å². The van der Waals surface area contributed by atoms with Gasteiger partial charge in [0.1, 0.15) is 11.6 Å². The van der Waals surface area contributed by atoms with Crippen LogP contribution in [-0.2, 0) is 0 Å². The van der Waals surface area contributed by atoms with Crippen LogP contribution in [0, 0.1) is 17.6 Å². The van der Waals surface area contributed by atoms with Gasteiger partial charge in [-0.3, -0.25) is 0 Å². The Hall–Kier alpha value is -0.960. The number of halogens is 2. The molecular formula is C13H17F2N. The highest BCUT2D eigenvalue weighted by Gasteiger charge is 2.20. The second-order valence-corrected chi connectivity index (χ2v) is 4.66. The average molecular weight is 225 g/mol. The van der Waals surface area contributed by atoms with E-state index in [4.69, 9.17) is 5.73 Å². The molecule has 1 saturated carbocycles. The molecule has 1 nitrogen and oxygen atoms in total. The SMILES string of the molecule is NC(CC1CCCC1)c1ccc(F)cc1F. The molecule has 1 aliphatic rings. The second-order valence-electron chi connectivity index (χ2n) is 4.66. The molecule has 0 spiro atoms. The van der Waals surface area contributed by atoms with E-state index in [-0.39, 0.29) is 6.04 Å². The molecule has 0 radical (unpaired) electrons. The molecule has 0 aliphatic heterocycles. The average Bonchev–Trinajstić information content (AvgIpc) is 2.70. The van der Waals surface area contributed by atoms with Crippen LogP contribution >= 0.6 is 0 Å². The van der Waals surface area contributed by atoms with Gasteiger partial charge in [0.25, 0.3) is 0 Å². The van der Waals surface area contributed by atoms with Gasteiger partial charge < -0.3 is 5.73 Å². The van der Waals surface area contributed by atoms with Crippen molar-refractivity contribution in [1.29, 1.82) is 0 Å². The molecule has 1 aromatic rings. The molecule has 0 heterocycles. The van der Waals surface area contributed by atoms with Gasteiger partial charge in [-0.2, -0.15) is 0 Å². The van der Waals surface area contributed by atoms with Crippen molar-refractivity contribution < 1.29 is 8.78 Å². The molecule has 2 N–H and O–H groups in total. The highest BCUT2D eigenvalue weighted by molar-refractivity contribution is 5.21. The minimum Gasteiger partial charge on any atom is -0.324 e. The van der Waals surface area contributed by atoms with E-state index < -0.39 is 11.6 Å². The second kappa shape index (κ2) is 4.91. The third-order valence-electron chi connectivity index (χ3n) is 3.42. The zero-order chi connectivity index (χ0) is 11.5. The molecule has 0 bridgehead atoms. The minimum atomic E-state index is -0.547. The molecular weight excluding hydrogens is 208 g/mol. The van der Waals surface area contributed by atoms with Crippen molar-refractivity contribution in [3.8, 4) is 0 Å². The zero-order valence-corrected chi connectivity index (χ0v) is 9.26. The topological polar surface area (TPSA) is 26.0 Å². The Morgan fingerprint density at radius 2 is 1.94 bits per heavy atom. The quantitative estimate of drug-likeness (QED) is 0.836. The number of nitrogens with two attached hydrogens (primary N) is 1. The highest BCUT2D eigenvalue weighted by atomic mass is 19.1. The van der Waals surface area contributed by atoms with Crippen LogP contribution in [0.1, 0.15) is 43.7 Å². The van der Waals surface area contributed by atoms with Gasteiger partial charge in [0.2, 0.25) is 0 Å². The Morgan fingerprint density at radius 1 is 1.25 bits per heavy atom. The monoisotopic (exact) mass is 225 g/mol. The molecule has 1 atom stereocenters. The standard InChI is InChI=1S/C13H17F2N/c14-10-5-6-11(12(15)8-10)13(16)7-9-3-1-2-4-9/h5-6,8-9,13H,1-4,7,16H2. The molecule has 3 heteroatoms. The van der Waals surface area contributed by atoms with Gasteiger partial charge in [-0.1, -0.05) is 31.7 Å². The molecule has 1 unspecified atom stereocenters. The molecule has 0 amide bonds. The van der Waals surface area contributed by atoms with Crippen molar-refractivity contribution in [3.63, 3.8) is 0 Å². The number of benzene rings is 1. The largest absolute Gasteiger partial charge is 0.324 e. The van der Waals surface area contributed by atoms with Crippen molar-refractivity contribution in [3.05, 3.63) is 35.4 Å². The first-order chi connectivity index (χ1) is 7.66. The van der Waals surface area contributed by atoms with E-state index in [1.165, 1.54) is 37.8 Å². The van der Waals surface area contributed by atoms with Crippen molar-refractivity contribution in [2.24, 2.45) is 11.7 Å². The van der Waals surface area contributed by atoms with Crippen molar-refractivity contribution in [2.45, 2.75) is 38.1 Å². The fourth-order valence-corrected chi connectivity index (χ4v) is 2.53. The van der Waals surface area contributed by atoms with E-state index in [1.54, 1.807) is 0 Å². The third kappa shape index (κ3) is 2.59. The summed E-state index contributed by atoms with van der Waals surface area (Å²) in [5.41, 5.74) is 6.40. The summed E-state index contributed by atoms with van der Waals surface area (Å²) in [4.78, 5) is 0. The fourth-order valence-electron chi connectivity index (χ4n) is 2.53. The van der Waals surface area contributed by atoms with Gasteiger partial charge in [0.15, 0.2) is 0 Å². The Bertz CT molecular complexity index is 359. The van der Waals surface area contributed by atoms with E-state index in [0.29, 0.717) is 11.5 Å². The van der Waals surface area contributed by atoms with Crippen LogP contribution in [0.15, 0.2) is 18.2 Å². The van der Waals surface area contributed by atoms with Gasteiger partial charge in [0.05, 0.1) is 0 Å². The lowest BCUT2D eigenvalue weighted by Crippen LogP contribution is -2.15. The van der Waals surface area contributed by atoms with Crippen LogP contribution < -0.4 is 5.73 Å². The van der Waals surface area contributed by atoms with Crippen molar-refractivity contribution in [2.75, 3.05) is 0 Å². The minimum absolute atomic E-state index is 0.302. The lowest BCUT2D eigenvalue weighted by Gasteiger charge is -2.17. The molecule has 0 saturated heterocycles. The molecule has 88 valence electrons. The summed E-state index contributed by atoms with van der Waals surface area (Å²) in [6.45, 7) is 0. The predicted molar refractivity (Wildman–Crippen MR) is 59.9 cm³/mol. The number of hydrogen-bond donors (Lipinski definition) is 1. The molecule has 2 rings (SSSR count). The van der Waals surface area contributed by atoms with E-state index in [9.17, 15) is 8.78 Å². The summed E-state index contributed by atoms with van der Waals surface area (Å²) in [7, 11) is 0. The fraction of sp³-hybridized carbons (Fsp3) is 0.538. The lowest BCUT2D eigenvalue weighted by molar-refractivity contribution is 0.438. The van der Waals surface area contributed by atoms with Gasteiger partial charge >= 0.3 is 0 Å². The van der Waals surface area contributed by atoms with Gasteiger partial charge in [-0.25, -0.2) is 8.78 Å². The first-order valence-electron chi connectivity index (χ1n) is 5.87. The molecule has 0 aromatic heterocycles. The summed E-state index contributed by atoms with van der Waals surface area (Å²) >= 11 is 0. The predicted octanol–water partition coefficient (Wildman–Crippen LogP) is 3.54. The van der Waals surface area contributed by atoms with Crippen LogP contribution in [0.3, 0.4) is 0 Å².